The molecule has 0 N–H and O–H groups in total. The average Bonchev–Trinajstić information content (AvgIpc) is 1.87. The lowest BCUT2D eigenvalue weighted by Gasteiger charge is -1.93. The van der Waals surface area contributed by atoms with Gasteiger partial charge in [-0.05, 0) is 51.4 Å². The molecular formula is C8H14BrI. The summed E-state index contributed by atoms with van der Waals surface area (Å²) in [4.78, 5) is 0. The van der Waals surface area contributed by atoms with Crippen LogP contribution in [0, 0.1) is 0 Å². The highest BCUT2D eigenvalue weighted by Gasteiger charge is 1.85. The summed E-state index contributed by atoms with van der Waals surface area (Å²) in [5.74, 6) is 0. The van der Waals surface area contributed by atoms with E-state index in [9.17, 15) is 0 Å². The Kier molecular flexibility index (Phi) is 8.82. The molecule has 0 amide bonds. The van der Waals surface area contributed by atoms with Crippen molar-refractivity contribution < 1.29 is 0 Å². The van der Waals surface area contributed by atoms with E-state index in [0.29, 0.717) is 0 Å². The Bertz CT molecular complexity index is 95.4. The summed E-state index contributed by atoms with van der Waals surface area (Å²) >= 11 is 5.67. The topological polar surface area (TPSA) is 0 Å². The maximum Gasteiger partial charge on any atom is 0.0519 e. The monoisotopic (exact) mass is 316 g/mol. The van der Waals surface area contributed by atoms with Crippen molar-refractivity contribution >= 4 is 38.5 Å². The first-order valence-electron chi connectivity index (χ1n) is 3.78. The summed E-state index contributed by atoms with van der Waals surface area (Å²) in [6.45, 7) is 2.24. The molecular weight excluding hydrogens is 303 g/mol. The first-order chi connectivity index (χ1) is 4.77. The molecule has 0 spiro atoms. The lowest BCUT2D eigenvalue weighted by molar-refractivity contribution is 0.675. The van der Waals surface area contributed by atoms with Gasteiger partial charge in [-0.2, -0.15) is 0 Å². The predicted octanol–water partition coefficient (Wildman–Crippen LogP) is 4.63. The highest BCUT2D eigenvalue weighted by molar-refractivity contribution is 14.1. The van der Waals surface area contributed by atoms with Crippen molar-refractivity contribution in [1.29, 1.82) is 0 Å². The average molecular weight is 317 g/mol. The van der Waals surface area contributed by atoms with Crippen molar-refractivity contribution in [2.75, 3.05) is 0 Å². The normalized spacial score (nSPS) is 12.1. The van der Waals surface area contributed by atoms with E-state index in [1.54, 1.807) is 0 Å². The van der Waals surface area contributed by atoms with Gasteiger partial charge in [0.2, 0.25) is 0 Å². The Hall–Kier alpha value is 0.950. The van der Waals surface area contributed by atoms with Gasteiger partial charge in [0.15, 0.2) is 0 Å². The first kappa shape index (κ1) is 11.0. The van der Waals surface area contributed by atoms with Crippen LogP contribution < -0.4 is 0 Å². The van der Waals surface area contributed by atoms with E-state index in [0.717, 1.165) is 0 Å². The fraction of sp³-hybridized carbons (Fsp3) is 0.750. The zero-order chi connectivity index (χ0) is 7.82. The molecule has 0 unspecified atom stereocenters. The molecule has 0 atom stereocenters. The van der Waals surface area contributed by atoms with Crippen molar-refractivity contribution in [3.05, 3.63) is 8.57 Å². The molecule has 0 aliphatic rings. The first-order valence-corrected chi connectivity index (χ1v) is 5.65. The molecule has 0 aromatic carbocycles. The lowest BCUT2D eigenvalue weighted by Crippen LogP contribution is -1.73. The number of unbranched alkanes of at least 4 members (excludes halogenated alkanes) is 4. The fourth-order valence-electron chi connectivity index (χ4n) is 0.782. The highest BCUT2D eigenvalue weighted by atomic mass is 127. The van der Waals surface area contributed by atoms with Crippen LogP contribution in [0.4, 0.5) is 0 Å². The molecule has 0 fully saturated rings. The molecule has 2 heteroatoms. The van der Waals surface area contributed by atoms with E-state index in [4.69, 9.17) is 0 Å². The van der Waals surface area contributed by atoms with Crippen LogP contribution in [0.1, 0.15) is 39.0 Å². The summed E-state index contributed by atoms with van der Waals surface area (Å²) < 4.78 is 1.24. The van der Waals surface area contributed by atoms with E-state index < -0.39 is 0 Å². The van der Waals surface area contributed by atoms with Crippen molar-refractivity contribution in [2.45, 2.75) is 39.0 Å². The van der Waals surface area contributed by atoms with Gasteiger partial charge in [0, 0.05) is 0 Å². The number of hydrogen-bond acceptors (Lipinski definition) is 0. The molecule has 0 saturated carbocycles. The lowest BCUT2D eigenvalue weighted by atomic mass is 10.2. The van der Waals surface area contributed by atoms with E-state index >= 15 is 0 Å². The van der Waals surface area contributed by atoms with E-state index in [-0.39, 0.29) is 0 Å². The molecule has 0 nitrogen and oxygen atoms in total. The molecule has 0 saturated heterocycles. The van der Waals surface area contributed by atoms with Crippen molar-refractivity contribution in [3.8, 4) is 0 Å². The van der Waals surface area contributed by atoms with Gasteiger partial charge in [-0.1, -0.05) is 32.3 Å². The van der Waals surface area contributed by atoms with E-state index in [1.807, 2.05) is 0 Å². The molecule has 10 heavy (non-hydrogen) atoms. The Morgan fingerprint density at radius 2 is 2.10 bits per heavy atom. The Balaban J connectivity index is 2.98. The largest absolute Gasteiger partial charge is 0.0654 e. The number of hydrogen-bond donors (Lipinski definition) is 0. The molecule has 0 aliphatic carbocycles. The summed E-state index contributed by atoms with van der Waals surface area (Å²) in [6.07, 6.45) is 8.89. The van der Waals surface area contributed by atoms with E-state index in [1.165, 1.54) is 34.6 Å². The molecule has 0 bridgehead atoms. The van der Waals surface area contributed by atoms with Gasteiger partial charge in [0.05, 0.1) is 2.49 Å². The minimum Gasteiger partial charge on any atom is -0.0654 e. The third-order valence-electron chi connectivity index (χ3n) is 1.36. The molecule has 0 aromatic heterocycles. The van der Waals surface area contributed by atoms with Crippen molar-refractivity contribution in [1.82, 2.24) is 0 Å². The van der Waals surface area contributed by atoms with Gasteiger partial charge in [-0.15, -0.1) is 0 Å². The van der Waals surface area contributed by atoms with Crippen LogP contribution in [0.2, 0.25) is 0 Å². The van der Waals surface area contributed by atoms with Crippen LogP contribution in [0.25, 0.3) is 0 Å². The smallest absolute Gasteiger partial charge is 0.0519 e. The maximum atomic E-state index is 3.39. The Morgan fingerprint density at radius 1 is 1.40 bits per heavy atom. The Morgan fingerprint density at radius 3 is 2.60 bits per heavy atom. The van der Waals surface area contributed by atoms with Crippen molar-refractivity contribution in [2.24, 2.45) is 0 Å². The minimum absolute atomic E-state index is 1.23. The van der Waals surface area contributed by atoms with Crippen LogP contribution in [0.3, 0.4) is 0 Å². The Labute approximate surface area is 85.7 Å². The quantitative estimate of drug-likeness (QED) is 0.512. The summed E-state index contributed by atoms with van der Waals surface area (Å²) in [7, 11) is 0. The molecule has 0 heterocycles. The predicted molar refractivity (Wildman–Crippen MR) is 59.8 cm³/mol. The molecule has 0 radical (unpaired) electrons. The molecule has 0 aliphatic heterocycles. The van der Waals surface area contributed by atoms with Crippen LogP contribution in [-0.4, -0.2) is 0 Å². The van der Waals surface area contributed by atoms with Gasteiger partial charge in [-0.3, -0.25) is 0 Å². The maximum absolute atomic E-state index is 3.39. The van der Waals surface area contributed by atoms with E-state index in [2.05, 4.69) is 51.5 Å². The van der Waals surface area contributed by atoms with Gasteiger partial charge in [0.1, 0.15) is 0 Å². The third-order valence-corrected chi connectivity index (χ3v) is 2.12. The summed E-state index contributed by atoms with van der Waals surface area (Å²) in [5.41, 5.74) is 0. The second kappa shape index (κ2) is 8.05. The van der Waals surface area contributed by atoms with Gasteiger partial charge >= 0.3 is 0 Å². The van der Waals surface area contributed by atoms with Crippen LogP contribution in [0.5, 0.6) is 0 Å². The number of rotatable bonds is 5. The summed E-state index contributed by atoms with van der Waals surface area (Å²) in [5, 5.41) is 0. The molecule has 0 rings (SSSR count). The fourth-order valence-corrected chi connectivity index (χ4v) is 1.32. The third kappa shape index (κ3) is 8.95. The minimum atomic E-state index is 1.23. The zero-order valence-electron chi connectivity index (χ0n) is 6.37. The second-order valence-corrected chi connectivity index (χ2v) is 5.84. The molecule has 60 valence electrons. The zero-order valence-corrected chi connectivity index (χ0v) is 10.1. The van der Waals surface area contributed by atoms with Gasteiger partial charge in [-0.25, -0.2) is 0 Å². The van der Waals surface area contributed by atoms with Crippen molar-refractivity contribution in [3.63, 3.8) is 0 Å². The number of allylic oxidation sites excluding steroid dienone is 1. The van der Waals surface area contributed by atoms with Gasteiger partial charge < -0.3 is 0 Å². The summed E-state index contributed by atoms with van der Waals surface area (Å²) in [6, 6.07) is 0. The van der Waals surface area contributed by atoms with Gasteiger partial charge in [0.25, 0.3) is 0 Å². The van der Waals surface area contributed by atoms with Crippen LogP contribution in [-0.2, 0) is 0 Å². The number of halogens is 2. The van der Waals surface area contributed by atoms with Crippen LogP contribution in [0.15, 0.2) is 8.57 Å². The second-order valence-electron chi connectivity index (χ2n) is 2.34. The molecule has 0 aromatic rings. The SMILES string of the molecule is CCCCCC/C=C(/Br)I. The standard InChI is InChI=1S/C8H14BrI/c1-2-3-4-5-6-7-8(9)10/h7H,2-6H2,1H3/b8-7-. The van der Waals surface area contributed by atoms with Crippen LogP contribution >= 0.6 is 38.5 Å². The highest BCUT2D eigenvalue weighted by Crippen LogP contribution is 2.15.